The zero-order valence-corrected chi connectivity index (χ0v) is 7.29. The van der Waals surface area contributed by atoms with Gasteiger partial charge in [0.15, 0.2) is 5.96 Å². The molecule has 70 valence electrons. The Morgan fingerprint density at radius 1 is 1.42 bits per heavy atom. The molecule has 1 atom stereocenters. The summed E-state index contributed by atoms with van der Waals surface area (Å²) in [7, 11) is 0. The van der Waals surface area contributed by atoms with E-state index in [0.717, 1.165) is 12.8 Å². The van der Waals surface area contributed by atoms with E-state index in [1.165, 1.54) is 0 Å². The molecule has 0 bridgehead atoms. The smallest absolute Gasteiger partial charge is 0.242 e. The van der Waals surface area contributed by atoms with E-state index in [4.69, 9.17) is 17.2 Å². The maximum Gasteiger partial charge on any atom is 0.242 e. The molecule has 5 nitrogen and oxygen atoms in total. The highest BCUT2D eigenvalue weighted by Gasteiger charge is 2.12. The van der Waals surface area contributed by atoms with Crippen LogP contribution < -0.4 is 17.2 Å². The average Bonchev–Trinajstić information content (AvgIpc) is 1.96. The number of nitrogens with two attached hydrogens (primary N) is 3. The number of rotatable bonds is 5. The Labute approximate surface area is 72.0 Å². The van der Waals surface area contributed by atoms with E-state index in [-0.39, 0.29) is 5.96 Å². The summed E-state index contributed by atoms with van der Waals surface area (Å²) in [5, 5.41) is 0. The normalized spacial score (nSPS) is 12.1. The highest BCUT2D eigenvalue weighted by atomic mass is 16.1. The summed E-state index contributed by atoms with van der Waals surface area (Å²) in [6, 6.07) is -0.560. The van der Waals surface area contributed by atoms with Crippen LogP contribution in [0.2, 0.25) is 0 Å². The van der Waals surface area contributed by atoms with Gasteiger partial charge < -0.3 is 17.2 Å². The summed E-state index contributed by atoms with van der Waals surface area (Å²) < 4.78 is 0. The van der Waals surface area contributed by atoms with E-state index in [9.17, 15) is 4.79 Å². The Hall–Kier alpha value is -1.26. The summed E-state index contributed by atoms with van der Waals surface area (Å²) in [5.74, 6) is -0.563. The number of guanidine groups is 1. The van der Waals surface area contributed by atoms with Gasteiger partial charge in [0, 0.05) is 0 Å². The van der Waals surface area contributed by atoms with E-state index < -0.39 is 11.9 Å². The number of carbonyl (C=O) groups is 1. The zero-order valence-electron chi connectivity index (χ0n) is 7.29. The Bertz CT molecular complexity index is 174. The molecule has 0 rings (SSSR count). The van der Waals surface area contributed by atoms with Gasteiger partial charge in [-0.1, -0.05) is 19.8 Å². The Balaban J connectivity index is 4.05. The molecular weight excluding hydrogens is 156 g/mol. The van der Waals surface area contributed by atoms with Crippen molar-refractivity contribution in [1.29, 1.82) is 0 Å². The predicted octanol–water partition coefficient (Wildman–Crippen LogP) is -0.696. The molecule has 6 N–H and O–H groups in total. The first-order valence-electron chi connectivity index (χ1n) is 3.96. The van der Waals surface area contributed by atoms with Gasteiger partial charge in [0.05, 0.1) is 0 Å². The van der Waals surface area contributed by atoms with Crippen LogP contribution in [0.5, 0.6) is 0 Å². The van der Waals surface area contributed by atoms with Crippen LogP contribution >= 0.6 is 0 Å². The van der Waals surface area contributed by atoms with Crippen molar-refractivity contribution < 1.29 is 4.79 Å². The lowest BCUT2D eigenvalue weighted by atomic mass is 10.1. The molecule has 1 amide bonds. The van der Waals surface area contributed by atoms with E-state index in [1.54, 1.807) is 0 Å². The van der Waals surface area contributed by atoms with E-state index >= 15 is 0 Å². The average molecular weight is 172 g/mol. The quantitative estimate of drug-likeness (QED) is 0.377. The predicted molar refractivity (Wildman–Crippen MR) is 48.3 cm³/mol. The van der Waals surface area contributed by atoms with E-state index in [2.05, 4.69) is 4.99 Å². The summed E-state index contributed by atoms with van der Waals surface area (Å²) in [4.78, 5) is 14.5. The number of unbranched alkanes of at least 4 members (excludes halogenated alkanes) is 1. The first-order chi connectivity index (χ1) is 5.57. The lowest BCUT2D eigenvalue weighted by Crippen LogP contribution is -2.32. The number of amides is 1. The van der Waals surface area contributed by atoms with Gasteiger partial charge in [-0.3, -0.25) is 4.79 Å². The fourth-order valence-corrected chi connectivity index (χ4v) is 0.848. The van der Waals surface area contributed by atoms with Crippen LogP contribution in [0.4, 0.5) is 0 Å². The first-order valence-corrected chi connectivity index (χ1v) is 3.96. The van der Waals surface area contributed by atoms with Crippen LogP contribution in [0, 0.1) is 0 Å². The number of nitrogens with zero attached hydrogens (tertiary/aromatic N) is 1. The molecule has 0 aliphatic carbocycles. The van der Waals surface area contributed by atoms with E-state index in [0.29, 0.717) is 6.42 Å². The van der Waals surface area contributed by atoms with Crippen molar-refractivity contribution in [2.45, 2.75) is 32.2 Å². The van der Waals surface area contributed by atoms with Gasteiger partial charge in [0.25, 0.3) is 0 Å². The van der Waals surface area contributed by atoms with Crippen LogP contribution in [-0.2, 0) is 4.79 Å². The molecule has 0 aromatic carbocycles. The van der Waals surface area contributed by atoms with Crippen LogP contribution in [0.1, 0.15) is 26.2 Å². The van der Waals surface area contributed by atoms with Gasteiger partial charge >= 0.3 is 0 Å². The minimum atomic E-state index is -0.560. The van der Waals surface area contributed by atoms with Crippen molar-refractivity contribution in [1.82, 2.24) is 0 Å². The molecule has 0 aromatic rings. The molecule has 0 aromatic heterocycles. The van der Waals surface area contributed by atoms with Crippen LogP contribution in [0.3, 0.4) is 0 Å². The molecule has 5 heteroatoms. The largest absolute Gasteiger partial charge is 0.370 e. The summed E-state index contributed by atoms with van der Waals surface area (Å²) >= 11 is 0. The Kier molecular flexibility index (Phi) is 4.83. The summed E-state index contributed by atoms with van der Waals surface area (Å²) in [6.45, 7) is 2.02. The SMILES string of the molecule is CCCCC(N=C(N)N)C(N)=O. The number of primary amides is 1. The van der Waals surface area contributed by atoms with Gasteiger partial charge in [-0.25, -0.2) is 4.99 Å². The molecule has 12 heavy (non-hydrogen) atoms. The minimum absolute atomic E-state index is 0.0881. The lowest BCUT2D eigenvalue weighted by Gasteiger charge is -2.06. The maximum absolute atomic E-state index is 10.7. The van der Waals surface area contributed by atoms with Crippen molar-refractivity contribution in [2.24, 2.45) is 22.2 Å². The van der Waals surface area contributed by atoms with Crippen molar-refractivity contribution >= 4 is 11.9 Å². The minimum Gasteiger partial charge on any atom is -0.370 e. The molecule has 0 fully saturated rings. The molecule has 0 aliphatic heterocycles. The monoisotopic (exact) mass is 172 g/mol. The van der Waals surface area contributed by atoms with Gasteiger partial charge in [0.2, 0.25) is 5.91 Å². The Morgan fingerprint density at radius 3 is 2.33 bits per heavy atom. The third-order valence-electron chi connectivity index (χ3n) is 1.46. The second-order valence-electron chi connectivity index (χ2n) is 2.61. The molecule has 1 unspecified atom stereocenters. The second-order valence-corrected chi connectivity index (χ2v) is 2.61. The van der Waals surface area contributed by atoms with E-state index in [1.807, 2.05) is 6.92 Å². The number of carbonyl (C=O) groups excluding carboxylic acids is 1. The van der Waals surface area contributed by atoms with Crippen molar-refractivity contribution in [3.63, 3.8) is 0 Å². The second kappa shape index (κ2) is 5.40. The van der Waals surface area contributed by atoms with Gasteiger partial charge in [0.1, 0.15) is 6.04 Å². The summed E-state index contributed by atoms with van der Waals surface area (Å²) in [5.41, 5.74) is 15.3. The third-order valence-corrected chi connectivity index (χ3v) is 1.46. The van der Waals surface area contributed by atoms with Crippen molar-refractivity contribution in [3.8, 4) is 0 Å². The van der Waals surface area contributed by atoms with Crippen LogP contribution in [0.15, 0.2) is 4.99 Å². The highest BCUT2D eigenvalue weighted by Crippen LogP contribution is 2.03. The van der Waals surface area contributed by atoms with Crippen LogP contribution in [-0.4, -0.2) is 17.9 Å². The standard InChI is InChI=1S/C7H16N4O/c1-2-3-4-5(6(8)12)11-7(9)10/h5H,2-4H2,1H3,(H2,8,12)(H4,9,10,11). The zero-order chi connectivity index (χ0) is 9.56. The van der Waals surface area contributed by atoms with Crippen molar-refractivity contribution in [2.75, 3.05) is 0 Å². The maximum atomic E-state index is 10.7. The third kappa shape index (κ3) is 4.54. The Morgan fingerprint density at radius 2 is 2.00 bits per heavy atom. The molecule has 0 aliphatic rings. The fraction of sp³-hybridized carbons (Fsp3) is 0.714. The number of hydrogen-bond acceptors (Lipinski definition) is 2. The first kappa shape index (κ1) is 10.7. The highest BCUT2D eigenvalue weighted by molar-refractivity contribution is 5.84. The molecule has 0 spiro atoms. The topological polar surface area (TPSA) is 107 Å². The van der Waals surface area contributed by atoms with Gasteiger partial charge in [-0.05, 0) is 6.42 Å². The lowest BCUT2D eigenvalue weighted by molar-refractivity contribution is -0.119. The van der Waals surface area contributed by atoms with Crippen molar-refractivity contribution in [3.05, 3.63) is 0 Å². The molecule has 0 radical (unpaired) electrons. The molecular formula is C7H16N4O. The molecule has 0 saturated carbocycles. The number of aliphatic imine (C=N–C) groups is 1. The molecule has 0 saturated heterocycles. The fourth-order valence-electron chi connectivity index (χ4n) is 0.848. The summed E-state index contributed by atoms with van der Waals surface area (Å²) in [6.07, 6.45) is 2.50. The molecule has 0 heterocycles. The van der Waals surface area contributed by atoms with Gasteiger partial charge in [-0.2, -0.15) is 0 Å². The van der Waals surface area contributed by atoms with Crippen LogP contribution in [0.25, 0.3) is 0 Å². The van der Waals surface area contributed by atoms with Gasteiger partial charge in [-0.15, -0.1) is 0 Å². The number of hydrogen-bond donors (Lipinski definition) is 3.